The number of carbonyl (C=O) groups is 1. The number of aromatic nitrogens is 1. The van der Waals surface area contributed by atoms with E-state index in [1.54, 1.807) is 0 Å². The minimum Gasteiger partial charge on any atom is -0.352 e. The van der Waals surface area contributed by atoms with E-state index in [-0.39, 0.29) is 16.6 Å². The van der Waals surface area contributed by atoms with Crippen molar-refractivity contribution in [2.75, 3.05) is 19.6 Å². The number of nitrogens with zero attached hydrogens (tertiary/aromatic N) is 2. The summed E-state index contributed by atoms with van der Waals surface area (Å²) in [5.41, 5.74) is 0.101. The molecule has 1 aromatic rings. The lowest BCUT2D eigenvalue weighted by Gasteiger charge is -2.15. The van der Waals surface area contributed by atoms with E-state index >= 15 is 0 Å². The summed E-state index contributed by atoms with van der Waals surface area (Å²) in [6, 6.07) is 1.90. The fourth-order valence-corrected chi connectivity index (χ4v) is 2.90. The first-order chi connectivity index (χ1) is 9.63. The Balaban J connectivity index is 1.53. The van der Waals surface area contributed by atoms with Crippen LogP contribution < -0.4 is 5.32 Å². The first-order valence-corrected chi connectivity index (χ1v) is 7.34. The summed E-state index contributed by atoms with van der Waals surface area (Å²) in [6.07, 6.45) is 4.73. The zero-order valence-electron chi connectivity index (χ0n) is 11.1. The van der Waals surface area contributed by atoms with E-state index in [1.165, 1.54) is 12.8 Å². The molecule has 0 spiro atoms. The predicted octanol–water partition coefficient (Wildman–Crippen LogP) is 2.09. The van der Waals surface area contributed by atoms with Crippen molar-refractivity contribution in [3.05, 3.63) is 28.8 Å². The molecule has 1 amide bonds. The van der Waals surface area contributed by atoms with Crippen molar-refractivity contribution < 1.29 is 9.18 Å². The third kappa shape index (κ3) is 3.10. The second kappa shape index (κ2) is 5.66. The van der Waals surface area contributed by atoms with Crippen LogP contribution in [-0.4, -0.2) is 41.5 Å². The molecular weight excluding hydrogens is 281 g/mol. The van der Waals surface area contributed by atoms with Gasteiger partial charge in [0.25, 0.3) is 5.91 Å². The molecule has 1 atom stereocenters. The maximum atomic E-state index is 13.1. The van der Waals surface area contributed by atoms with Crippen molar-refractivity contribution in [3.63, 3.8) is 0 Å². The summed E-state index contributed by atoms with van der Waals surface area (Å²) < 4.78 is 13.1. The molecule has 1 aliphatic carbocycles. The quantitative estimate of drug-likeness (QED) is 0.866. The lowest BCUT2D eigenvalue weighted by molar-refractivity contribution is 0.0946. The Labute approximate surface area is 122 Å². The highest BCUT2D eigenvalue weighted by molar-refractivity contribution is 6.32. The average Bonchev–Trinajstić information content (AvgIpc) is 3.18. The van der Waals surface area contributed by atoms with Crippen molar-refractivity contribution >= 4 is 17.5 Å². The van der Waals surface area contributed by atoms with Crippen molar-refractivity contribution in [2.24, 2.45) is 5.92 Å². The largest absolute Gasteiger partial charge is 0.352 e. The maximum absolute atomic E-state index is 13.1. The van der Waals surface area contributed by atoms with Gasteiger partial charge >= 0.3 is 0 Å². The van der Waals surface area contributed by atoms with Gasteiger partial charge in [0.05, 0.1) is 11.8 Å². The second-order valence-electron chi connectivity index (χ2n) is 5.58. The normalized spacial score (nSPS) is 23.0. The first-order valence-electron chi connectivity index (χ1n) is 6.97. The van der Waals surface area contributed by atoms with Gasteiger partial charge in [-0.3, -0.25) is 4.79 Å². The van der Waals surface area contributed by atoms with Crippen LogP contribution in [0.15, 0.2) is 12.3 Å². The van der Waals surface area contributed by atoms with Gasteiger partial charge < -0.3 is 10.2 Å². The van der Waals surface area contributed by atoms with Gasteiger partial charge in [0, 0.05) is 19.1 Å². The fourth-order valence-electron chi connectivity index (χ4n) is 2.71. The van der Waals surface area contributed by atoms with Crippen LogP contribution in [-0.2, 0) is 0 Å². The van der Waals surface area contributed by atoms with Crippen molar-refractivity contribution in [2.45, 2.75) is 25.3 Å². The molecule has 3 rings (SSSR count). The molecule has 0 aromatic carbocycles. The van der Waals surface area contributed by atoms with Gasteiger partial charge in [-0.2, -0.15) is 0 Å². The fraction of sp³-hybridized carbons (Fsp3) is 0.571. The molecule has 1 aliphatic heterocycles. The van der Waals surface area contributed by atoms with Crippen LogP contribution in [0.4, 0.5) is 4.39 Å². The number of hydrogen-bond donors (Lipinski definition) is 1. The van der Waals surface area contributed by atoms with Crippen LogP contribution in [0.5, 0.6) is 0 Å². The van der Waals surface area contributed by atoms with Crippen LogP contribution in [0, 0.1) is 11.7 Å². The number of rotatable bonds is 4. The van der Waals surface area contributed by atoms with Crippen LogP contribution >= 0.6 is 11.6 Å². The van der Waals surface area contributed by atoms with Gasteiger partial charge in [-0.15, -0.1) is 0 Å². The molecule has 1 saturated carbocycles. The van der Waals surface area contributed by atoms with E-state index in [0.29, 0.717) is 12.5 Å². The monoisotopic (exact) mass is 297 g/mol. The van der Waals surface area contributed by atoms with Gasteiger partial charge in [-0.25, -0.2) is 9.37 Å². The zero-order chi connectivity index (χ0) is 14.1. The number of likely N-dealkylation sites (tertiary alicyclic amines) is 1. The highest BCUT2D eigenvalue weighted by Crippen LogP contribution is 2.31. The molecule has 1 saturated heterocycles. The third-order valence-corrected chi connectivity index (χ3v) is 4.28. The van der Waals surface area contributed by atoms with Crippen LogP contribution in [0.25, 0.3) is 0 Å². The molecule has 2 aliphatic rings. The summed E-state index contributed by atoms with van der Waals surface area (Å²) >= 11 is 5.81. The van der Waals surface area contributed by atoms with E-state index in [0.717, 1.165) is 37.8 Å². The molecule has 108 valence electrons. The molecular formula is C14H17ClFN3O. The van der Waals surface area contributed by atoms with Crippen molar-refractivity contribution in [1.29, 1.82) is 0 Å². The summed E-state index contributed by atoms with van der Waals surface area (Å²) in [5.74, 6) is -0.438. The van der Waals surface area contributed by atoms with E-state index in [2.05, 4.69) is 15.2 Å². The molecule has 0 radical (unpaired) electrons. The summed E-state index contributed by atoms with van der Waals surface area (Å²) in [7, 11) is 0. The predicted molar refractivity (Wildman–Crippen MR) is 74.2 cm³/mol. The van der Waals surface area contributed by atoms with Crippen LogP contribution in [0.1, 0.15) is 29.6 Å². The number of halogens is 2. The van der Waals surface area contributed by atoms with Gasteiger partial charge in [0.2, 0.25) is 0 Å². The highest BCUT2D eigenvalue weighted by atomic mass is 35.5. The van der Waals surface area contributed by atoms with Gasteiger partial charge in [0.15, 0.2) is 0 Å². The number of hydrogen-bond acceptors (Lipinski definition) is 3. The maximum Gasteiger partial charge on any atom is 0.254 e. The van der Waals surface area contributed by atoms with Gasteiger partial charge in [-0.1, -0.05) is 11.6 Å². The highest BCUT2D eigenvalue weighted by Gasteiger charge is 2.34. The molecule has 6 heteroatoms. The Hall–Kier alpha value is -1.20. The van der Waals surface area contributed by atoms with Crippen molar-refractivity contribution in [3.8, 4) is 0 Å². The Bertz CT molecular complexity index is 521. The Kier molecular flexibility index (Phi) is 3.89. The van der Waals surface area contributed by atoms with E-state index in [4.69, 9.17) is 11.6 Å². The number of carbonyl (C=O) groups excluding carboxylic acids is 1. The minimum atomic E-state index is -0.555. The van der Waals surface area contributed by atoms with E-state index < -0.39 is 5.82 Å². The zero-order valence-corrected chi connectivity index (χ0v) is 11.9. The molecule has 4 nitrogen and oxygen atoms in total. The van der Waals surface area contributed by atoms with Crippen LogP contribution in [0.2, 0.25) is 5.15 Å². The lowest BCUT2D eigenvalue weighted by Crippen LogP contribution is -2.31. The molecule has 0 bridgehead atoms. The third-order valence-electron chi connectivity index (χ3n) is 3.98. The molecule has 20 heavy (non-hydrogen) atoms. The number of nitrogens with one attached hydrogen (secondary N) is 1. The summed E-state index contributed by atoms with van der Waals surface area (Å²) in [5, 5.41) is 2.87. The smallest absolute Gasteiger partial charge is 0.254 e. The Morgan fingerprint density at radius 1 is 1.50 bits per heavy atom. The SMILES string of the molecule is O=C(NCC1CCN(C2CC2)C1)c1cc(F)cnc1Cl. The van der Waals surface area contributed by atoms with Crippen LogP contribution in [0.3, 0.4) is 0 Å². The van der Waals surface area contributed by atoms with Gasteiger partial charge in [-0.05, 0) is 37.8 Å². The molecule has 1 N–H and O–H groups in total. The number of amides is 1. The Morgan fingerprint density at radius 3 is 3.05 bits per heavy atom. The number of pyridine rings is 1. The summed E-state index contributed by atoms with van der Waals surface area (Å²) in [4.78, 5) is 18.1. The first kappa shape index (κ1) is 13.8. The standard InChI is InChI=1S/C14H17ClFN3O/c15-13-12(5-10(16)7-17-13)14(20)18-6-9-3-4-19(8-9)11-1-2-11/h5,7,9,11H,1-4,6,8H2,(H,18,20). The average molecular weight is 298 g/mol. The minimum absolute atomic E-state index is 0.0370. The topological polar surface area (TPSA) is 45.2 Å². The molecule has 2 heterocycles. The lowest BCUT2D eigenvalue weighted by atomic mass is 10.1. The van der Waals surface area contributed by atoms with Gasteiger partial charge in [0.1, 0.15) is 11.0 Å². The summed E-state index contributed by atoms with van der Waals surface area (Å²) in [6.45, 7) is 2.77. The van der Waals surface area contributed by atoms with E-state index in [9.17, 15) is 9.18 Å². The molecule has 2 fully saturated rings. The second-order valence-corrected chi connectivity index (χ2v) is 5.94. The molecule has 1 unspecified atom stereocenters. The van der Waals surface area contributed by atoms with Crippen molar-refractivity contribution in [1.82, 2.24) is 15.2 Å². The Morgan fingerprint density at radius 2 is 2.30 bits per heavy atom. The van der Waals surface area contributed by atoms with E-state index in [1.807, 2.05) is 0 Å². The molecule has 1 aromatic heterocycles.